The van der Waals surface area contributed by atoms with Gasteiger partial charge < -0.3 is 25.3 Å². The molecule has 3 nitrogen and oxygen atoms in total. The molecule has 41 heavy (non-hydrogen) atoms. The van der Waals surface area contributed by atoms with E-state index in [1.807, 2.05) is 0 Å². The van der Waals surface area contributed by atoms with E-state index in [4.69, 9.17) is 10.3 Å². The molecular formula is C36H66HfN3P. The van der Waals surface area contributed by atoms with Gasteiger partial charge in [0.05, 0.1) is 5.69 Å². The largest absolute Gasteiger partial charge is 4.00 e. The Labute approximate surface area is 277 Å². The predicted molar refractivity (Wildman–Crippen MR) is 189 cm³/mol. The van der Waals surface area contributed by atoms with Gasteiger partial charge in [-0.15, -0.1) is 12.2 Å². The summed E-state index contributed by atoms with van der Waals surface area (Å²) in [5.74, 6) is 0.965. The van der Waals surface area contributed by atoms with Gasteiger partial charge in [0.25, 0.3) is 0 Å². The predicted octanol–water partition coefficient (Wildman–Crippen LogP) is 13.3. The van der Waals surface area contributed by atoms with Crippen LogP contribution in [-0.2, 0) is 25.8 Å². The van der Waals surface area contributed by atoms with Gasteiger partial charge in [0, 0.05) is 5.71 Å². The normalized spacial score (nSPS) is 15.2. The maximum atomic E-state index is 11.1. The van der Waals surface area contributed by atoms with Crippen LogP contribution in [0.15, 0.2) is 35.0 Å². The Morgan fingerprint density at radius 1 is 0.854 bits per heavy atom. The number of hydrogen-bond acceptors (Lipinski definition) is 1. The van der Waals surface area contributed by atoms with Crippen LogP contribution in [0.1, 0.15) is 152 Å². The van der Waals surface area contributed by atoms with Crippen LogP contribution in [0, 0.1) is 14.9 Å². The molecule has 0 heterocycles. The molecule has 0 fully saturated rings. The summed E-state index contributed by atoms with van der Waals surface area (Å²) >= 11 is 0. The number of benzene rings is 1. The van der Waals surface area contributed by atoms with Gasteiger partial charge >= 0.3 is 25.8 Å². The van der Waals surface area contributed by atoms with Gasteiger partial charge in [-0.05, 0) is 57.7 Å². The molecule has 0 aliphatic heterocycles. The van der Waals surface area contributed by atoms with Gasteiger partial charge in [-0.25, -0.2) is 7.05 Å². The summed E-state index contributed by atoms with van der Waals surface area (Å²) in [5, 5.41) is 15.9. The molecule has 1 aromatic rings. The molecule has 0 N–H and O–H groups in total. The molecular weight excluding hydrogens is 684 g/mol. The molecule has 1 aliphatic carbocycles. The smallest absolute Gasteiger partial charge is 0.807 e. The third kappa shape index (κ3) is 11.9. The molecule has 0 atom stereocenters. The van der Waals surface area contributed by atoms with Crippen molar-refractivity contribution >= 4 is 18.5 Å². The molecule has 0 saturated carbocycles. The van der Waals surface area contributed by atoms with E-state index in [9.17, 15) is 5.16 Å². The van der Waals surface area contributed by atoms with E-state index in [1.165, 1.54) is 35.4 Å². The van der Waals surface area contributed by atoms with Crippen LogP contribution in [0.25, 0.3) is 10.5 Å². The second-order valence-corrected chi connectivity index (χ2v) is 19.8. The first-order chi connectivity index (χ1) is 17.3. The maximum absolute atomic E-state index is 11.1. The van der Waals surface area contributed by atoms with Crippen molar-refractivity contribution in [1.29, 1.82) is 0 Å². The molecule has 0 aromatic heterocycles. The minimum absolute atomic E-state index is 0. The fourth-order valence-electron chi connectivity index (χ4n) is 6.18. The molecule has 2 rings (SSSR count). The standard InChI is InChI=1S/C22H33N2.C12H27NP.2CH3.Hf/c1-6-7-15-23-20-13-8-9-14-21(20)24-22-18(16(2)3)11-10-12-19(22)17(4)5;1-10(2,3)14(13,11(4,5)6)12(7,8)9;;;/h10-13,16-17H,6-9,14-15H2,1-5H3;1-9H3;2*1H3;/q4*-1;+4. The minimum atomic E-state index is -2.02. The van der Waals surface area contributed by atoms with E-state index in [0.29, 0.717) is 11.8 Å². The Morgan fingerprint density at radius 3 is 1.63 bits per heavy atom. The molecule has 0 radical (unpaired) electrons. The zero-order valence-electron chi connectivity index (χ0n) is 30.0. The minimum Gasteiger partial charge on any atom is -0.807 e. The monoisotopic (exact) mass is 751 g/mol. The van der Waals surface area contributed by atoms with Gasteiger partial charge in [0.15, 0.2) is 0 Å². The van der Waals surface area contributed by atoms with Gasteiger partial charge in [0.2, 0.25) is 0 Å². The van der Waals surface area contributed by atoms with Crippen LogP contribution in [0.4, 0.5) is 5.69 Å². The van der Waals surface area contributed by atoms with Gasteiger partial charge in [-0.2, -0.15) is 0 Å². The van der Waals surface area contributed by atoms with Crippen molar-refractivity contribution < 1.29 is 25.8 Å². The SMILES string of the molecule is CC(C)(C)P(=[N-])(C(C)(C)C)C(C)(C)C.CCCC[N-]C1=CCCCC1=Nc1c(C(C)C)cccc1C(C)C.[CH3-].[CH3-].[Hf+4]. The summed E-state index contributed by atoms with van der Waals surface area (Å²) in [4.78, 5) is 5.18. The van der Waals surface area contributed by atoms with E-state index in [1.54, 1.807) is 0 Å². The number of hydrogen-bond donors (Lipinski definition) is 0. The van der Waals surface area contributed by atoms with Crippen molar-refractivity contribution in [3.63, 3.8) is 0 Å². The Bertz CT molecular complexity index is 930. The summed E-state index contributed by atoms with van der Waals surface area (Å²) in [5.41, 5.74) is 6.23. The van der Waals surface area contributed by atoms with Crippen LogP contribution in [0.2, 0.25) is 0 Å². The molecule has 1 aliphatic rings. The van der Waals surface area contributed by atoms with Crippen molar-refractivity contribution in [3.05, 3.63) is 66.4 Å². The van der Waals surface area contributed by atoms with Crippen molar-refractivity contribution in [1.82, 2.24) is 0 Å². The van der Waals surface area contributed by atoms with Gasteiger partial charge in [-0.1, -0.05) is 134 Å². The van der Waals surface area contributed by atoms with E-state index >= 15 is 0 Å². The second-order valence-electron chi connectivity index (χ2n) is 14.5. The number of allylic oxidation sites excluding steroid dienone is 2. The summed E-state index contributed by atoms with van der Waals surface area (Å²) in [6.45, 7) is 31.6. The average Bonchev–Trinajstić information content (AvgIpc) is 2.77. The molecule has 5 heteroatoms. The average molecular weight is 750 g/mol. The van der Waals surface area contributed by atoms with E-state index < -0.39 is 7.05 Å². The van der Waals surface area contributed by atoms with E-state index in [-0.39, 0.29) is 56.2 Å². The van der Waals surface area contributed by atoms with Crippen molar-refractivity contribution in [2.75, 3.05) is 6.54 Å². The molecule has 0 saturated heterocycles. The zero-order valence-corrected chi connectivity index (χ0v) is 34.5. The Hall–Kier alpha value is -0.470. The number of para-hydroxylation sites is 1. The zero-order chi connectivity index (χ0) is 29.5. The van der Waals surface area contributed by atoms with Gasteiger partial charge in [0.1, 0.15) is 0 Å². The van der Waals surface area contributed by atoms with Crippen molar-refractivity contribution in [3.8, 4) is 0 Å². The fraction of sp³-hybridized carbons (Fsp3) is 0.694. The topological polar surface area (TPSA) is 48.8 Å². The van der Waals surface area contributed by atoms with Gasteiger partial charge in [-0.3, -0.25) is 4.99 Å². The van der Waals surface area contributed by atoms with Crippen molar-refractivity contribution in [2.45, 2.75) is 156 Å². The molecule has 0 spiro atoms. The number of unbranched alkanes of at least 4 members (excludes halogenated alkanes) is 1. The third-order valence-corrected chi connectivity index (χ3v) is 13.4. The summed E-state index contributed by atoms with van der Waals surface area (Å²) in [6, 6.07) is 6.64. The molecule has 0 amide bonds. The summed E-state index contributed by atoms with van der Waals surface area (Å²) < 4.78 is 0. The molecule has 0 unspecified atom stereocenters. The van der Waals surface area contributed by atoms with Crippen LogP contribution >= 0.6 is 7.05 Å². The molecule has 0 bridgehead atoms. The van der Waals surface area contributed by atoms with E-state index in [0.717, 1.165) is 31.5 Å². The first-order valence-corrected chi connectivity index (χ1v) is 16.7. The first kappa shape index (κ1) is 45.0. The molecule has 1 aromatic carbocycles. The number of aliphatic imine (C=N–C) groups is 1. The molecule has 234 valence electrons. The third-order valence-electron chi connectivity index (χ3n) is 7.55. The van der Waals surface area contributed by atoms with Crippen LogP contribution in [-0.4, -0.2) is 27.7 Å². The van der Waals surface area contributed by atoms with Crippen molar-refractivity contribution in [2.24, 2.45) is 4.99 Å². The second kappa shape index (κ2) is 18.4. The van der Waals surface area contributed by atoms with E-state index in [2.05, 4.69) is 121 Å². The Kier molecular flexibility index (Phi) is 20.1. The van der Waals surface area contributed by atoms with Crippen LogP contribution < -0.4 is 0 Å². The van der Waals surface area contributed by atoms with Crippen LogP contribution in [0.3, 0.4) is 0 Å². The summed E-state index contributed by atoms with van der Waals surface area (Å²) in [6.07, 6.45) is 8.00. The Morgan fingerprint density at radius 2 is 1.29 bits per heavy atom. The fourth-order valence-corrected chi connectivity index (χ4v) is 12.2. The maximum Gasteiger partial charge on any atom is 4.00 e. The number of rotatable bonds is 7. The Balaban J connectivity index is -0.000000742. The summed E-state index contributed by atoms with van der Waals surface area (Å²) in [7, 11) is -2.02. The first-order valence-electron chi connectivity index (χ1n) is 15.0. The number of nitrogens with zero attached hydrogens (tertiary/aromatic N) is 3. The van der Waals surface area contributed by atoms with Crippen LogP contribution in [0.5, 0.6) is 0 Å². The quantitative estimate of drug-likeness (QED) is 0.115.